The number of aromatic amines is 1. The van der Waals surface area contributed by atoms with Crippen LogP contribution in [0, 0.1) is 6.92 Å². The molecule has 1 aliphatic carbocycles. The van der Waals surface area contributed by atoms with Crippen LogP contribution in [0.25, 0.3) is 5.82 Å². The molecule has 2 heterocycles. The molecule has 0 aliphatic heterocycles. The summed E-state index contributed by atoms with van der Waals surface area (Å²) in [5, 5.41) is 4.38. The van der Waals surface area contributed by atoms with Crippen molar-refractivity contribution in [1.82, 2.24) is 19.7 Å². The zero-order chi connectivity index (χ0) is 17.6. The maximum absolute atomic E-state index is 11.6. The second kappa shape index (κ2) is 5.69. The third kappa shape index (κ3) is 3.02. The van der Waals surface area contributed by atoms with Crippen molar-refractivity contribution < 1.29 is 0 Å². The minimum Gasteiger partial charge on any atom is -0.311 e. The summed E-state index contributed by atoms with van der Waals surface area (Å²) in [7, 11) is 0. The molecule has 1 aliphatic rings. The lowest BCUT2D eigenvalue weighted by Crippen LogP contribution is -2.12. The van der Waals surface area contributed by atoms with Gasteiger partial charge in [0.05, 0.1) is 6.20 Å². The van der Waals surface area contributed by atoms with Crippen molar-refractivity contribution in [3.63, 3.8) is 0 Å². The monoisotopic (exact) mass is 334 g/mol. The summed E-state index contributed by atoms with van der Waals surface area (Å²) in [5.74, 6) is 1.35. The number of aromatic nitrogens is 4. The van der Waals surface area contributed by atoms with E-state index in [1.165, 1.54) is 30.0 Å². The molecule has 1 atom stereocenters. The number of nitrogens with one attached hydrogen (secondary N) is 1. The third-order valence-corrected chi connectivity index (χ3v) is 5.29. The molecule has 0 amide bonds. The van der Waals surface area contributed by atoms with E-state index in [9.17, 15) is 4.79 Å². The summed E-state index contributed by atoms with van der Waals surface area (Å²) in [6.45, 7) is 6.26. The van der Waals surface area contributed by atoms with Crippen LogP contribution in [-0.4, -0.2) is 19.7 Å². The van der Waals surface area contributed by atoms with E-state index >= 15 is 0 Å². The highest BCUT2D eigenvalue weighted by Crippen LogP contribution is 2.47. The molecule has 5 nitrogen and oxygen atoms in total. The first-order valence-corrected chi connectivity index (χ1v) is 8.68. The highest BCUT2D eigenvalue weighted by molar-refractivity contribution is 5.37. The molecule has 4 rings (SSSR count). The molecule has 0 bridgehead atoms. The van der Waals surface area contributed by atoms with Crippen LogP contribution in [0.1, 0.15) is 55.1 Å². The highest BCUT2D eigenvalue weighted by Gasteiger charge is 2.38. The summed E-state index contributed by atoms with van der Waals surface area (Å²) in [6.07, 6.45) is 6.37. The van der Waals surface area contributed by atoms with E-state index in [2.05, 4.69) is 53.2 Å². The van der Waals surface area contributed by atoms with Crippen molar-refractivity contribution in [2.75, 3.05) is 0 Å². The number of nitrogens with zero attached hydrogens (tertiary/aromatic N) is 3. The van der Waals surface area contributed by atoms with Gasteiger partial charge in [0.2, 0.25) is 0 Å². The molecular formula is C20H22N4O. The third-order valence-electron chi connectivity index (χ3n) is 5.29. The molecule has 25 heavy (non-hydrogen) atoms. The summed E-state index contributed by atoms with van der Waals surface area (Å²) < 4.78 is 1.66. The van der Waals surface area contributed by atoms with Gasteiger partial charge < -0.3 is 4.98 Å². The Morgan fingerprint density at radius 3 is 2.56 bits per heavy atom. The standard InChI is InChI=1S/C20H22N4O/c1-13(15-4-6-17(7-5-15)20(3)8-9-20)16-11-21-24(12-16)18-10-19(25)23-14(2)22-18/h4-7,10-13H,8-9H2,1-3H3,(H,22,23,25). The van der Waals surface area contributed by atoms with Crippen LogP contribution >= 0.6 is 0 Å². The van der Waals surface area contributed by atoms with Gasteiger partial charge in [-0.3, -0.25) is 4.79 Å². The van der Waals surface area contributed by atoms with Gasteiger partial charge >= 0.3 is 0 Å². The molecule has 1 unspecified atom stereocenters. The van der Waals surface area contributed by atoms with Crippen LogP contribution in [0.15, 0.2) is 47.5 Å². The normalized spacial score (nSPS) is 16.6. The first-order valence-electron chi connectivity index (χ1n) is 8.68. The summed E-state index contributed by atoms with van der Waals surface area (Å²) in [6, 6.07) is 10.4. The van der Waals surface area contributed by atoms with Gasteiger partial charge in [0.15, 0.2) is 5.82 Å². The largest absolute Gasteiger partial charge is 0.311 e. The Hall–Kier alpha value is -2.69. The fourth-order valence-electron chi connectivity index (χ4n) is 3.21. The molecule has 0 spiro atoms. The van der Waals surface area contributed by atoms with Crippen LogP contribution in [0.4, 0.5) is 0 Å². The lowest BCUT2D eigenvalue weighted by molar-refractivity contribution is 0.785. The van der Waals surface area contributed by atoms with Gasteiger partial charge in [-0.05, 0) is 41.9 Å². The summed E-state index contributed by atoms with van der Waals surface area (Å²) in [4.78, 5) is 18.6. The maximum Gasteiger partial charge on any atom is 0.253 e. The highest BCUT2D eigenvalue weighted by atomic mass is 16.1. The smallest absolute Gasteiger partial charge is 0.253 e. The SMILES string of the molecule is Cc1nc(-n2cc(C(C)c3ccc(C4(C)CC4)cc3)cn2)cc(=O)[nH]1. The van der Waals surface area contributed by atoms with Crippen molar-refractivity contribution in [3.05, 3.63) is 75.6 Å². The van der Waals surface area contributed by atoms with Gasteiger partial charge in [-0.15, -0.1) is 0 Å². The molecule has 5 heteroatoms. The number of hydrogen-bond acceptors (Lipinski definition) is 3. The molecule has 2 aromatic heterocycles. The minimum absolute atomic E-state index is 0.170. The molecule has 128 valence electrons. The Bertz CT molecular complexity index is 964. The zero-order valence-corrected chi connectivity index (χ0v) is 14.8. The van der Waals surface area contributed by atoms with E-state index in [0.717, 1.165) is 5.56 Å². The van der Waals surface area contributed by atoms with Crippen molar-refractivity contribution in [2.24, 2.45) is 0 Å². The number of benzene rings is 1. The number of rotatable bonds is 4. The Morgan fingerprint density at radius 2 is 1.92 bits per heavy atom. The Morgan fingerprint density at radius 1 is 1.20 bits per heavy atom. The van der Waals surface area contributed by atoms with Gasteiger partial charge in [-0.1, -0.05) is 38.1 Å². The van der Waals surface area contributed by atoms with Gasteiger partial charge in [-0.25, -0.2) is 9.67 Å². The number of H-pyrrole nitrogens is 1. The van der Waals surface area contributed by atoms with Gasteiger partial charge in [0.1, 0.15) is 5.82 Å². The summed E-state index contributed by atoms with van der Waals surface area (Å²) in [5.41, 5.74) is 4.03. The Labute approximate surface area is 146 Å². The van der Waals surface area contributed by atoms with Crippen LogP contribution in [0.3, 0.4) is 0 Å². The molecule has 0 saturated heterocycles. The number of hydrogen-bond donors (Lipinski definition) is 1. The molecule has 1 saturated carbocycles. The maximum atomic E-state index is 11.6. The summed E-state index contributed by atoms with van der Waals surface area (Å²) >= 11 is 0. The lowest BCUT2D eigenvalue weighted by Gasteiger charge is -2.13. The van der Waals surface area contributed by atoms with Crippen molar-refractivity contribution >= 4 is 0 Å². The molecule has 1 aromatic carbocycles. The second-order valence-corrected chi connectivity index (χ2v) is 7.31. The molecule has 3 aromatic rings. The topological polar surface area (TPSA) is 63.6 Å². The van der Waals surface area contributed by atoms with Crippen molar-refractivity contribution in [3.8, 4) is 5.82 Å². The van der Waals surface area contributed by atoms with Crippen LogP contribution in [0.2, 0.25) is 0 Å². The van der Waals surface area contributed by atoms with Crippen molar-refractivity contribution in [2.45, 2.75) is 44.9 Å². The first kappa shape index (κ1) is 15.8. The van der Waals surface area contributed by atoms with Gasteiger partial charge in [0, 0.05) is 18.2 Å². The van der Waals surface area contributed by atoms with Crippen LogP contribution < -0.4 is 5.56 Å². The Kier molecular flexibility index (Phi) is 3.60. The van der Waals surface area contributed by atoms with Crippen LogP contribution in [-0.2, 0) is 5.41 Å². The van der Waals surface area contributed by atoms with E-state index in [1.807, 2.05) is 12.4 Å². The van der Waals surface area contributed by atoms with E-state index in [0.29, 0.717) is 17.1 Å². The lowest BCUT2D eigenvalue weighted by atomic mass is 9.91. The quantitative estimate of drug-likeness (QED) is 0.794. The average Bonchev–Trinajstić information content (AvgIpc) is 3.15. The van der Waals surface area contributed by atoms with Crippen molar-refractivity contribution in [1.29, 1.82) is 0 Å². The van der Waals surface area contributed by atoms with E-state index < -0.39 is 0 Å². The van der Waals surface area contributed by atoms with Crippen LogP contribution in [0.5, 0.6) is 0 Å². The minimum atomic E-state index is -0.170. The van der Waals surface area contributed by atoms with Gasteiger partial charge in [0.25, 0.3) is 5.56 Å². The van der Waals surface area contributed by atoms with E-state index in [4.69, 9.17) is 0 Å². The fraction of sp³-hybridized carbons (Fsp3) is 0.350. The fourth-order valence-corrected chi connectivity index (χ4v) is 3.21. The second-order valence-electron chi connectivity index (χ2n) is 7.31. The predicted molar refractivity (Wildman–Crippen MR) is 97.3 cm³/mol. The number of aryl methyl sites for hydroxylation is 1. The van der Waals surface area contributed by atoms with Gasteiger partial charge in [-0.2, -0.15) is 5.10 Å². The molecule has 1 N–H and O–H groups in total. The molecular weight excluding hydrogens is 312 g/mol. The average molecular weight is 334 g/mol. The zero-order valence-electron chi connectivity index (χ0n) is 14.8. The first-order chi connectivity index (χ1) is 11.9. The van der Waals surface area contributed by atoms with E-state index in [1.54, 1.807) is 11.6 Å². The van der Waals surface area contributed by atoms with E-state index in [-0.39, 0.29) is 11.5 Å². The molecule has 1 fully saturated rings. The molecule has 0 radical (unpaired) electrons. The predicted octanol–water partition coefficient (Wildman–Crippen LogP) is 3.47. The Balaban J connectivity index is 1.59.